The highest BCUT2D eigenvalue weighted by Crippen LogP contribution is 2.41. The maximum absolute atomic E-state index is 12.9. The van der Waals surface area contributed by atoms with Crippen molar-refractivity contribution in [3.63, 3.8) is 0 Å². The predicted octanol–water partition coefficient (Wildman–Crippen LogP) is -0.189. The molecule has 218 valence electrons. The number of amides is 3. The fourth-order valence-electron chi connectivity index (χ4n) is 3.71. The Kier molecular flexibility index (Phi) is 9.30. The summed E-state index contributed by atoms with van der Waals surface area (Å²) in [5.41, 5.74) is 6.77. The van der Waals surface area contributed by atoms with Crippen LogP contribution < -0.4 is 16.4 Å². The molecule has 0 radical (unpaired) electrons. The second-order valence-electron chi connectivity index (χ2n) is 8.65. The SMILES string of the molecule is Cn1nnnc1SCC1=C(OC(=O)O)N2C(=O)[C@@H](NC(=O)Cc3ccc(NC(=O)OC[C@@H](N)C(=O)O)cc3)[C@@H]2SC1. The van der Waals surface area contributed by atoms with Crippen molar-refractivity contribution in [3.05, 3.63) is 41.3 Å². The van der Waals surface area contributed by atoms with Gasteiger partial charge in [0.15, 0.2) is 0 Å². The first-order chi connectivity index (χ1) is 19.5. The Hall–Kier alpha value is -4.36. The zero-order valence-electron chi connectivity index (χ0n) is 21.3. The number of carbonyl (C=O) groups excluding carboxylic acids is 3. The first kappa shape index (κ1) is 29.6. The second kappa shape index (κ2) is 12.9. The quantitative estimate of drug-likeness (QED) is 0.126. The fraction of sp³-hybridized carbons (Fsp3) is 0.364. The predicted molar refractivity (Wildman–Crippen MR) is 141 cm³/mol. The highest BCUT2D eigenvalue weighted by Gasteiger charge is 2.54. The molecule has 4 rings (SSSR count). The lowest BCUT2D eigenvalue weighted by Crippen LogP contribution is -2.70. The number of hydrogen-bond donors (Lipinski definition) is 5. The summed E-state index contributed by atoms with van der Waals surface area (Å²) < 4.78 is 11.2. The maximum Gasteiger partial charge on any atom is 0.512 e. The van der Waals surface area contributed by atoms with Gasteiger partial charge in [-0.3, -0.25) is 24.6 Å². The summed E-state index contributed by atoms with van der Waals surface area (Å²) in [6, 6.07) is 3.99. The molecule has 1 saturated heterocycles. The molecule has 0 bridgehead atoms. The lowest BCUT2D eigenvalue weighted by atomic mass is 10.1. The number of carbonyl (C=O) groups is 5. The van der Waals surface area contributed by atoms with E-state index in [4.69, 9.17) is 20.3 Å². The van der Waals surface area contributed by atoms with Gasteiger partial charge in [0.1, 0.15) is 24.1 Å². The third-order valence-corrected chi connectivity index (χ3v) is 8.16. The van der Waals surface area contributed by atoms with Gasteiger partial charge in [-0.25, -0.2) is 14.3 Å². The maximum atomic E-state index is 12.9. The minimum Gasteiger partial charge on any atom is -0.480 e. The molecule has 17 nitrogen and oxygen atoms in total. The van der Waals surface area contributed by atoms with Crippen molar-refractivity contribution in [2.24, 2.45) is 12.8 Å². The number of aryl methyl sites for hydroxylation is 1. The van der Waals surface area contributed by atoms with Gasteiger partial charge in [0.05, 0.1) is 6.42 Å². The summed E-state index contributed by atoms with van der Waals surface area (Å²) >= 11 is 2.62. The molecule has 3 atom stereocenters. The van der Waals surface area contributed by atoms with Gasteiger partial charge in [0.25, 0.3) is 5.91 Å². The molecule has 1 aromatic heterocycles. The molecular formula is C22H24N8O9S2. The fourth-order valence-corrected chi connectivity index (χ4v) is 6.01. The standard InChI is InChI=1S/C22H24N8O9S2/c1-29-20(26-27-28-29)41-9-11-8-40-18-15(16(32)30(18)17(11)39-22(36)37)25-14(31)6-10-2-4-12(5-3-10)24-21(35)38-7-13(23)19(33)34/h2-5,13,15,18H,6-9,23H2,1H3,(H,24,35)(H,25,31)(H,33,34)(H,36,37)/t13-,15-,18+/m1/s1. The first-order valence-electron chi connectivity index (χ1n) is 11.8. The van der Waals surface area contributed by atoms with Crippen LogP contribution in [-0.2, 0) is 37.3 Å². The Balaban J connectivity index is 1.31. The van der Waals surface area contributed by atoms with Gasteiger partial charge in [-0.1, -0.05) is 23.9 Å². The van der Waals surface area contributed by atoms with Crippen LogP contribution in [0.25, 0.3) is 0 Å². The third kappa shape index (κ3) is 7.24. The normalized spacial score (nSPS) is 18.6. The number of anilines is 1. The summed E-state index contributed by atoms with van der Waals surface area (Å²) in [5.74, 6) is -1.68. The van der Waals surface area contributed by atoms with Gasteiger partial charge in [0, 0.05) is 29.8 Å². The van der Waals surface area contributed by atoms with Crippen LogP contribution in [0.15, 0.2) is 40.9 Å². The highest BCUT2D eigenvalue weighted by molar-refractivity contribution is 8.01. The lowest BCUT2D eigenvalue weighted by molar-refractivity contribution is -0.149. The number of aliphatic carboxylic acids is 1. The van der Waals surface area contributed by atoms with Crippen LogP contribution >= 0.6 is 23.5 Å². The summed E-state index contributed by atoms with van der Waals surface area (Å²) in [6.45, 7) is -0.503. The number of aromatic nitrogens is 4. The van der Waals surface area contributed by atoms with Crippen molar-refractivity contribution >= 4 is 59.2 Å². The number of carboxylic acid groups (broad SMARTS) is 2. The van der Waals surface area contributed by atoms with Crippen LogP contribution in [0.4, 0.5) is 15.3 Å². The van der Waals surface area contributed by atoms with Crippen LogP contribution in [0.2, 0.25) is 0 Å². The zero-order valence-corrected chi connectivity index (χ0v) is 22.9. The van der Waals surface area contributed by atoms with E-state index in [1.54, 1.807) is 19.2 Å². The molecule has 0 aliphatic carbocycles. The van der Waals surface area contributed by atoms with Crippen molar-refractivity contribution in [3.8, 4) is 0 Å². The van der Waals surface area contributed by atoms with Gasteiger partial charge in [-0.15, -0.1) is 16.9 Å². The van der Waals surface area contributed by atoms with E-state index in [1.165, 1.54) is 45.2 Å². The monoisotopic (exact) mass is 608 g/mol. The van der Waals surface area contributed by atoms with E-state index in [-0.39, 0.29) is 18.1 Å². The number of thioether (sulfide) groups is 2. The van der Waals surface area contributed by atoms with E-state index < -0.39 is 54.1 Å². The van der Waals surface area contributed by atoms with E-state index >= 15 is 0 Å². The molecule has 3 amide bonds. The minimum absolute atomic E-state index is 0.0681. The second-order valence-corrected chi connectivity index (χ2v) is 10.7. The van der Waals surface area contributed by atoms with Crippen LogP contribution in [0.3, 0.4) is 0 Å². The largest absolute Gasteiger partial charge is 0.512 e. The van der Waals surface area contributed by atoms with Gasteiger partial charge in [-0.05, 0) is 28.1 Å². The number of carboxylic acids is 1. The van der Waals surface area contributed by atoms with Crippen molar-refractivity contribution in [2.75, 3.05) is 23.4 Å². The number of nitrogens with zero attached hydrogens (tertiary/aromatic N) is 5. The molecule has 2 aromatic rings. The molecule has 1 aromatic carbocycles. The summed E-state index contributed by atoms with van der Waals surface area (Å²) in [5, 5.41) is 34.2. The number of rotatable bonds is 11. The molecule has 1 fully saturated rings. The van der Waals surface area contributed by atoms with Crippen molar-refractivity contribution in [1.82, 2.24) is 30.4 Å². The Bertz CT molecular complexity index is 1380. The van der Waals surface area contributed by atoms with E-state index in [1.807, 2.05) is 0 Å². The van der Waals surface area contributed by atoms with Crippen LogP contribution in [0, 0.1) is 0 Å². The number of ether oxygens (including phenoxy) is 2. The molecule has 6 N–H and O–H groups in total. The molecule has 0 saturated carbocycles. The zero-order chi connectivity index (χ0) is 29.7. The molecular weight excluding hydrogens is 584 g/mol. The Morgan fingerprint density at radius 3 is 2.61 bits per heavy atom. The summed E-state index contributed by atoms with van der Waals surface area (Å²) in [4.78, 5) is 60.7. The smallest absolute Gasteiger partial charge is 0.480 e. The minimum atomic E-state index is -1.57. The first-order valence-corrected chi connectivity index (χ1v) is 13.8. The van der Waals surface area contributed by atoms with Gasteiger partial charge in [0.2, 0.25) is 16.9 Å². The highest BCUT2D eigenvalue weighted by atomic mass is 32.2. The van der Waals surface area contributed by atoms with Crippen LogP contribution in [0.5, 0.6) is 0 Å². The summed E-state index contributed by atoms with van der Waals surface area (Å²) in [6.07, 6.45) is -2.52. The molecule has 0 spiro atoms. The summed E-state index contributed by atoms with van der Waals surface area (Å²) in [7, 11) is 1.66. The molecule has 41 heavy (non-hydrogen) atoms. The number of hydrogen-bond acceptors (Lipinski definition) is 13. The molecule has 3 heterocycles. The number of β-lactam (4-membered cyclic amide) rings is 1. The van der Waals surface area contributed by atoms with Gasteiger partial charge < -0.3 is 30.7 Å². The average Bonchev–Trinajstić information content (AvgIpc) is 3.34. The van der Waals surface area contributed by atoms with E-state index in [0.717, 1.165) is 0 Å². The molecule has 2 aliphatic heterocycles. The van der Waals surface area contributed by atoms with Crippen molar-refractivity contribution < 1.29 is 43.7 Å². The Morgan fingerprint density at radius 1 is 1.24 bits per heavy atom. The molecule has 19 heteroatoms. The van der Waals surface area contributed by atoms with Crippen LogP contribution in [0.1, 0.15) is 5.56 Å². The third-order valence-electron chi connectivity index (χ3n) is 5.73. The number of tetrazole rings is 1. The van der Waals surface area contributed by atoms with E-state index in [2.05, 4.69) is 26.2 Å². The van der Waals surface area contributed by atoms with Gasteiger partial charge in [-0.2, -0.15) is 0 Å². The Morgan fingerprint density at radius 2 is 1.98 bits per heavy atom. The van der Waals surface area contributed by atoms with Crippen molar-refractivity contribution in [1.29, 1.82) is 0 Å². The number of nitrogens with one attached hydrogen (secondary N) is 2. The van der Waals surface area contributed by atoms with Gasteiger partial charge >= 0.3 is 18.2 Å². The number of fused-ring (bicyclic) bond motifs is 1. The van der Waals surface area contributed by atoms with E-state index in [0.29, 0.717) is 27.7 Å². The number of nitrogens with two attached hydrogens (primary N) is 1. The Labute approximate surface area is 239 Å². The number of benzene rings is 1. The molecule has 0 unspecified atom stereocenters. The molecule has 2 aliphatic rings. The topological polar surface area (TPSA) is 241 Å². The van der Waals surface area contributed by atoms with Crippen molar-refractivity contribution in [2.45, 2.75) is 29.0 Å². The van der Waals surface area contributed by atoms with Crippen LogP contribution in [-0.4, -0.2) is 101 Å². The van der Waals surface area contributed by atoms with E-state index in [9.17, 15) is 29.1 Å². The average molecular weight is 609 g/mol. The lowest BCUT2D eigenvalue weighted by Gasteiger charge is -2.49.